The Bertz CT molecular complexity index is 987. The first kappa shape index (κ1) is 18.2. The largest absolute Gasteiger partial charge is 0.466 e. The third-order valence-electron chi connectivity index (χ3n) is 4.41. The van der Waals surface area contributed by atoms with E-state index in [1.54, 1.807) is 35.8 Å². The Morgan fingerprint density at radius 3 is 2.42 bits per heavy atom. The van der Waals surface area contributed by atoms with E-state index in [4.69, 9.17) is 16.3 Å². The fourth-order valence-electron chi connectivity index (χ4n) is 3.16. The van der Waals surface area contributed by atoms with Crippen LogP contribution in [0.5, 0.6) is 0 Å². The second-order valence-corrected chi connectivity index (χ2v) is 6.65. The molecule has 1 aromatic heterocycles. The number of carbonyl (C=O) groups is 2. The van der Waals surface area contributed by atoms with Gasteiger partial charge >= 0.3 is 5.97 Å². The monoisotopic (exact) mass is 369 g/mol. The Morgan fingerprint density at radius 2 is 1.77 bits per heavy atom. The first-order chi connectivity index (χ1) is 12.4. The normalized spacial score (nSPS) is 10.9. The molecule has 0 spiro atoms. The van der Waals surface area contributed by atoms with E-state index < -0.39 is 0 Å². The van der Waals surface area contributed by atoms with Gasteiger partial charge in [0.2, 0.25) is 0 Å². The summed E-state index contributed by atoms with van der Waals surface area (Å²) in [6, 6.07) is 12.7. The molecule has 26 heavy (non-hydrogen) atoms. The molecule has 0 unspecified atom stereocenters. The number of halogens is 1. The van der Waals surface area contributed by atoms with Crippen LogP contribution in [0.1, 0.15) is 34.1 Å². The molecular formula is C21H20ClNO3. The molecule has 0 aliphatic carbocycles. The van der Waals surface area contributed by atoms with Gasteiger partial charge in [-0.15, -0.1) is 0 Å². The lowest BCUT2D eigenvalue weighted by Gasteiger charge is -2.08. The van der Waals surface area contributed by atoms with Crippen LogP contribution >= 0.6 is 11.6 Å². The number of fused-ring (bicyclic) bond motifs is 1. The van der Waals surface area contributed by atoms with Gasteiger partial charge in [-0.3, -0.25) is 14.2 Å². The first-order valence-corrected chi connectivity index (χ1v) is 8.86. The molecule has 0 radical (unpaired) electrons. The number of hydrogen-bond donors (Lipinski definition) is 0. The number of aromatic nitrogens is 1. The van der Waals surface area contributed by atoms with Gasteiger partial charge < -0.3 is 4.74 Å². The van der Waals surface area contributed by atoms with E-state index >= 15 is 0 Å². The average molecular weight is 370 g/mol. The van der Waals surface area contributed by atoms with Crippen LogP contribution in [0.2, 0.25) is 5.02 Å². The van der Waals surface area contributed by atoms with Gasteiger partial charge in [0.15, 0.2) is 0 Å². The quantitative estimate of drug-likeness (QED) is 0.626. The maximum atomic E-state index is 13.1. The van der Waals surface area contributed by atoms with E-state index in [-0.39, 0.29) is 18.3 Å². The maximum Gasteiger partial charge on any atom is 0.310 e. The SMILES string of the molecule is CCOC(=O)Cc1c(C)n(C(=O)c2ccc(Cl)cc2)c2ccc(C)cc12. The second kappa shape index (κ2) is 7.34. The van der Waals surface area contributed by atoms with Crippen LogP contribution in [0, 0.1) is 13.8 Å². The molecule has 5 heteroatoms. The molecule has 0 fully saturated rings. The number of ether oxygens (including phenoxy) is 1. The van der Waals surface area contributed by atoms with Gasteiger partial charge in [-0.2, -0.15) is 0 Å². The van der Waals surface area contributed by atoms with Crippen molar-refractivity contribution in [3.05, 3.63) is 69.9 Å². The van der Waals surface area contributed by atoms with Crippen LogP contribution in [0.25, 0.3) is 10.9 Å². The molecule has 0 bridgehead atoms. The van der Waals surface area contributed by atoms with Crippen molar-refractivity contribution < 1.29 is 14.3 Å². The fourth-order valence-corrected chi connectivity index (χ4v) is 3.29. The molecule has 3 aromatic rings. The Balaban J connectivity index is 2.16. The highest BCUT2D eigenvalue weighted by Crippen LogP contribution is 2.29. The zero-order chi connectivity index (χ0) is 18.8. The minimum absolute atomic E-state index is 0.139. The standard InChI is InChI=1S/C21H20ClNO3/c1-4-26-20(24)12-17-14(3)23(19-10-5-13(2)11-18(17)19)21(25)15-6-8-16(22)9-7-15/h5-11H,4,12H2,1-3H3. The van der Waals surface area contributed by atoms with Crippen molar-refractivity contribution >= 4 is 34.4 Å². The van der Waals surface area contributed by atoms with Gasteiger partial charge in [0.1, 0.15) is 0 Å². The Kier molecular flexibility index (Phi) is 5.14. The summed E-state index contributed by atoms with van der Waals surface area (Å²) in [5.74, 6) is -0.446. The van der Waals surface area contributed by atoms with Gasteiger partial charge in [-0.25, -0.2) is 0 Å². The average Bonchev–Trinajstić information content (AvgIpc) is 2.87. The fraction of sp³-hybridized carbons (Fsp3) is 0.238. The van der Waals surface area contributed by atoms with Gasteiger partial charge in [-0.1, -0.05) is 23.2 Å². The van der Waals surface area contributed by atoms with E-state index in [2.05, 4.69) is 0 Å². The summed E-state index contributed by atoms with van der Waals surface area (Å²) < 4.78 is 6.76. The molecule has 1 heterocycles. The number of hydrogen-bond acceptors (Lipinski definition) is 3. The van der Waals surface area contributed by atoms with Crippen LogP contribution < -0.4 is 0 Å². The molecule has 0 aliphatic rings. The number of rotatable bonds is 4. The Labute approximate surface area is 157 Å². The molecule has 0 saturated heterocycles. The summed E-state index contributed by atoms with van der Waals surface area (Å²) in [4.78, 5) is 25.2. The lowest BCUT2D eigenvalue weighted by Crippen LogP contribution is -2.14. The van der Waals surface area contributed by atoms with Crippen molar-refractivity contribution in [3.8, 4) is 0 Å². The Morgan fingerprint density at radius 1 is 1.08 bits per heavy atom. The molecule has 0 aliphatic heterocycles. The summed E-state index contributed by atoms with van der Waals surface area (Å²) >= 11 is 5.93. The number of aryl methyl sites for hydroxylation is 1. The van der Waals surface area contributed by atoms with Crippen molar-refractivity contribution in [2.45, 2.75) is 27.2 Å². The predicted octanol–water partition coefficient (Wildman–Crippen LogP) is 4.71. The molecular weight excluding hydrogens is 350 g/mol. The third kappa shape index (κ3) is 3.37. The molecule has 4 nitrogen and oxygen atoms in total. The van der Waals surface area contributed by atoms with E-state index in [1.807, 2.05) is 32.0 Å². The highest BCUT2D eigenvalue weighted by molar-refractivity contribution is 6.30. The molecule has 3 rings (SSSR count). The van der Waals surface area contributed by atoms with Gasteiger partial charge in [0, 0.05) is 21.7 Å². The lowest BCUT2D eigenvalue weighted by molar-refractivity contribution is -0.142. The van der Waals surface area contributed by atoms with Crippen LogP contribution in [0.15, 0.2) is 42.5 Å². The number of carbonyl (C=O) groups excluding carboxylic acids is 2. The van der Waals surface area contributed by atoms with Crippen LogP contribution in [-0.4, -0.2) is 23.1 Å². The first-order valence-electron chi connectivity index (χ1n) is 8.48. The number of nitrogens with zero attached hydrogens (tertiary/aromatic N) is 1. The van der Waals surface area contributed by atoms with Crippen molar-refractivity contribution in [1.29, 1.82) is 0 Å². The third-order valence-corrected chi connectivity index (χ3v) is 4.66. The molecule has 0 saturated carbocycles. The number of esters is 1. The van der Waals surface area contributed by atoms with Crippen molar-refractivity contribution in [1.82, 2.24) is 4.57 Å². The predicted molar refractivity (Wildman–Crippen MR) is 103 cm³/mol. The maximum absolute atomic E-state index is 13.1. The summed E-state index contributed by atoms with van der Waals surface area (Å²) in [7, 11) is 0. The van der Waals surface area contributed by atoms with Crippen LogP contribution in [0.3, 0.4) is 0 Å². The highest BCUT2D eigenvalue weighted by Gasteiger charge is 2.21. The minimum atomic E-state index is -0.296. The molecule has 0 N–H and O–H groups in total. The smallest absolute Gasteiger partial charge is 0.310 e. The topological polar surface area (TPSA) is 48.3 Å². The second-order valence-electron chi connectivity index (χ2n) is 6.21. The van der Waals surface area contributed by atoms with E-state index in [9.17, 15) is 9.59 Å². The van der Waals surface area contributed by atoms with Gasteiger partial charge in [0.25, 0.3) is 5.91 Å². The van der Waals surface area contributed by atoms with Crippen LogP contribution in [0.4, 0.5) is 0 Å². The van der Waals surface area contributed by atoms with Gasteiger partial charge in [0.05, 0.1) is 18.5 Å². The van der Waals surface area contributed by atoms with E-state index in [1.165, 1.54) is 0 Å². The highest BCUT2D eigenvalue weighted by atomic mass is 35.5. The Hall–Kier alpha value is -2.59. The van der Waals surface area contributed by atoms with Crippen LogP contribution in [-0.2, 0) is 16.0 Å². The summed E-state index contributed by atoms with van der Waals surface area (Å²) in [6.45, 7) is 5.96. The van der Waals surface area contributed by atoms with Crippen molar-refractivity contribution in [3.63, 3.8) is 0 Å². The summed E-state index contributed by atoms with van der Waals surface area (Å²) in [5, 5.41) is 1.48. The molecule has 2 aromatic carbocycles. The van der Waals surface area contributed by atoms with Gasteiger partial charge in [-0.05, 0) is 62.7 Å². The van der Waals surface area contributed by atoms with E-state index in [0.29, 0.717) is 17.2 Å². The molecule has 0 amide bonds. The lowest BCUT2D eigenvalue weighted by atomic mass is 10.1. The van der Waals surface area contributed by atoms with Crippen molar-refractivity contribution in [2.24, 2.45) is 0 Å². The van der Waals surface area contributed by atoms with E-state index in [0.717, 1.165) is 27.7 Å². The molecule has 0 atom stereocenters. The molecule has 134 valence electrons. The zero-order valence-corrected chi connectivity index (χ0v) is 15.8. The van der Waals surface area contributed by atoms with Crippen molar-refractivity contribution in [2.75, 3.05) is 6.61 Å². The zero-order valence-electron chi connectivity index (χ0n) is 15.0. The minimum Gasteiger partial charge on any atom is -0.466 e. The summed E-state index contributed by atoms with van der Waals surface area (Å²) in [6.07, 6.45) is 0.139. The number of benzene rings is 2. The summed E-state index contributed by atoms with van der Waals surface area (Å²) in [5.41, 5.74) is 3.96.